The molecule has 0 aliphatic heterocycles. The van der Waals surface area contributed by atoms with Crippen LogP contribution in [-0.2, 0) is 36.1 Å². The van der Waals surface area contributed by atoms with Crippen LogP contribution in [0.25, 0.3) is 5.57 Å². The van der Waals surface area contributed by atoms with Crippen molar-refractivity contribution in [3.05, 3.63) is 171 Å². The normalized spacial score (nSPS) is 22.1. The molecule has 4 aromatic rings. The van der Waals surface area contributed by atoms with Crippen molar-refractivity contribution in [2.24, 2.45) is 27.6 Å². The van der Waals surface area contributed by atoms with E-state index < -0.39 is 0 Å². The third-order valence-corrected chi connectivity index (χ3v) is 16.4. The van der Waals surface area contributed by atoms with Crippen LogP contribution in [0, 0.1) is 47.3 Å². The van der Waals surface area contributed by atoms with Crippen molar-refractivity contribution in [2.45, 2.75) is 115 Å². The molecule has 1 fully saturated rings. The molecule has 4 aromatic carbocycles. The fraction of sp³-hybridized carbons (Fsp3) is 0.415. The number of aryl methyl sites for hydroxylation is 2. The first kappa shape index (κ1) is 46.1. The Balaban J connectivity index is 0.000000216. The average Bonchev–Trinajstić information content (AvgIpc) is 3.76. The van der Waals surface area contributed by atoms with Crippen molar-refractivity contribution in [3.63, 3.8) is 0 Å². The number of hydrogen-bond acceptors (Lipinski definition) is 0. The van der Waals surface area contributed by atoms with E-state index in [0.29, 0.717) is 11.3 Å². The van der Waals surface area contributed by atoms with Gasteiger partial charge < -0.3 is 24.8 Å². The first-order valence-electron chi connectivity index (χ1n) is 20.3. The van der Waals surface area contributed by atoms with Gasteiger partial charge in [-0.15, -0.1) is 6.92 Å². The Kier molecular flexibility index (Phi) is 14.0. The number of rotatable bonds is 2. The molecule has 8 rings (SSSR count). The zero-order valence-electron chi connectivity index (χ0n) is 36.3. The predicted octanol–water partition coefficient (Wildman–Crippen LogP) is 8.10. The molecule has 0 amide bonds. The molecule has 0 radical (unpaired) electrons. The van der Waals surface area contributed by atoms with E-state index in [1.54, 1.807) is 28.2 Å². The maximum atomic E-state index is 2.62. The Hall–Kier alpha value is -2.57. The summed E-state index contributed by atoms with van der Waals surface area (Å²) >= 11 is 1.46. The largest absolute Gasteiger partial charge is 1.00 e. The van der Waals surface area contributed by atoms with Gasteiger partial charge in [0.1, 0.15) is 0 Å². The maximum Gasteiger partial charge on any atom is -1.00 e. The van der Waals surface area contributed by atoms with Gasteiger partial charge in [0, 0.05) is 0 Å². The number of benzene rings is 3. The van der Waals surface area contributed by atoms with Crippen LogP contribution in [0.1, 0.15) is 128 Å². The third-order valence-electron chi connectivity index (χ3n) is 15.0. The van der Waals surface area contributed by atoms with Gasteiger partial charge in [-0.2, -0.15) is 34.4 Å². The van der Waals surface area contributed by atoms with Gasteiger partial charge >= 0.3 is 106 Å². The van der Waals surface area contributed by atoms with Crippen LogP contribution in [0.5, 0.6) is 0 Å². The summed E-state index contributed by atoms with van der Waals surface area (Å²) in [5, 5.41) is 0. The molecule has 0 nitrogen and oxygen atoms in total. The number of hydrogen-bond donors (Lipinski definition) is 0. The van der Waals surface area contributed by atoms with Gasteiger partial charge in [0.2, 0.25) is 0 Å². The van der Waals surface area contributed by atoms with Crippen molar-refractivity contribution >= 4 is 8.78 Å². The second-order valence-electron chi connectivity index (χ2n) is 19.3. The number of allylic oxidation sites excluding steroid dienone is 6. The van der Waals surface area contributed by atoms with Crippen molar-refractivity contribution in [1.29, 1.82) is 0 Å². The van der Waals surface area contributed by atoms with Crippen molar-refractivity contribution in [1.82, 2.24) is 0 Å². The molecule has 2 atom stereocenters. The second kappa shape index (κ2) is 17.0. The van der Waals surface area contributed by atoms with Crippen LogP contribution in [0.4, 0.5) is 0 Å². The molecule has 2 unspecified atom stereocenters. The molecule has 0 bridgehead atoms. The van der Waals surface area contributed by atoms with Gasteiger partial charge in [0.25, 0.3) is 0 Å². The number of halogens is 2. The van der Waals surface area contributed by atoms with Gasteiger partial charge in [-0.3, -0.25) is 0 Å². The first-order chi connectivity index (χ1) is 25.2. The minimum Gasteiger partial charge on any atom is -1.00 e. The van der Waals surface area contributed by atoms with Crippen LogP contribution in [0.15, 0.2) is 126 Å². The molecule has 1 saturated carbocycles. The van der Waals surface area contributed by atoms with Crippen molar-refractivity contribution in [3.8, 4) is 0 Å². The standard InChI is InChI=1S/C29H37.C14H12.C10H15.2ClH.Zr/c1-18-25-22-17-19-13-9-10-14-20(19)24(22)21-15-11-12-16-23(21)29(25,8)28(6,7)27(4,5)26(18,2)3;1-12-7-9-14(10-8-12)11-13-5-3-2-4-6-13;1-8-5-6-9(7-8)10(2,3)4;;;/h9-11,13-15,23H,12,16-17H2,1-8H3;2-10H,1H3;5-7H,1-4H3;2*1H;/q-1;;-1;;;+2/p-2. The SMILES string of the molecule is C[C-]1C2=C3Cc4ccccc4C3=C3C=CCCC3C2(C)C(C)(C)C(C)(C)C1(C)C.Cc1cc(C(C)(C)C)c[cH-]1.Cc1ccc([C](=[Zr+2])c2ccccc2)cc1.[Cl-].[Cl-]. The van der Waals surface area contributed by atoms with Crippen LogP contribution in [-0.4, -0.2) is 3.21 Å². The van der Waals surface area contributed by atoms with E-state index in [2.05, 4.69) is 199 Å². The predicted molar refractivity (Wildman–Crippen MR) is 231 cm³/mol. The van der Waals surface area contributed by atoms with Gasteiger partial charge in [0.05, 0.1) is 0 Å². The van der Waals surface area contributed by atoms with E-state index in [4.69, 9.17) is 0 Å². The molecule has 0 spiro atoms. The molecule has 0 saturated heterocycles. The Bertz CT molecular complexity index is 2110. The summed E-state index contributed by atoms with van der Waals surface area (Å²) in [5.41, 5.74) is 17.4. The van der Waals surface area contributed by atoms with E-state index in [1.165, 1.54) is 79.2 Å². The molecule has 3 heteroatoms. The first-order valence-corrected chi connectivity index (χ1v) is 21.5. The maximum absolute atomic E-state index is 2.62. The zero-order chi connectivity index (χ0) is 39.4. The van der Waals surface area contributed by atoms with Crippen molar-refractivity contribution < 1.29 is 49.0 Å². The monoisotopic (exact) mass is 860 g/mol. The summed E-state index contributed by atoms with van der Waals surface area (Å²) in [7, 11) is 0. The Labute approximate surface area is 368 Å². The van der Waals surface area contributed by atoms with Crippen LogP contribution in [0.3, 0.4) is 0 Å². The average molecular weight is 863 g/mol. The molecular formula is C53H64Cl2Zr-2. The summed E-state index contributed by atoms with van der Waals surface area (Å²) in [6, 6.07) is 35.1. The van der Waals surface area contributed by atoms with E-state index >= 15 is 0 Å². The van der Waals surface area contributed by atoms with Gasteiger partial charge in [-0.1, -0.05) is 147 Å². The smallest absolute Gasteiger partial charge is 1.00 e. The zero-order valence-corrected chi connectivity index (χ0v) is 40.3. The van der Waals surface area contributed by atoms with Crippen LogP contribution < -0.4 is 24.8 Å². The molecular weight excluding hydrogens is 799 g/mol. The fourth-order valence-electron chi connectivity index (χ4n) is 10.1. The van der Waals surface area contributed by atoms with E-state index in [0.717, 1.165) is 6.42 Å². The third kappa shape index (κ3) is 7.81. The number of fused-ring (bicyclic) bond motifs is 6. The van der Waals surface area contributed by atoms with E-state index in [9.17, 15) is 0 Å². The van der Waals surface area contributed by atoms with E-state index in [1.807, 2.05) is 0 Å². The Morgan fingerprint density at radius 2 is 1.38 bits per heavy atom. The van der Waals surface area contributed by atoms with E-state index in [-0.39, 0.29) is 46.5 Å². The summed E-state index contributed by atoms with van der Waals surface area (Å²) in [5.74, 6) is 2.24. The Morgan fingerprint density at radius 3 is 1.95 bits per heavy atom. The molecule has 296 valence electrons. The summed E-state index contributed by atoms with van der Waals surface area (Å²) in [4.78, 5) is 0. The molecule has 4 aliphatic rings. The topological polar surface area (TPSA) is 0 Å². The Morgan fingerprint density at radius 1 is 0.786 bits per heavy atom. The summed E-state index contributed by atoms with van der Waals surface area (Å²) < 4.78 is 1.42. The van der Waals surface area contributed by atoms with Gasteiger partial charge in [0.15, 0.2) is 0 Å². The minimum atomic E-state index is 0. The summed E-state index contributed by atoms with van der Waals surface area (Å²) in [6.07, 6.45) is 8.50. The quantitative estimate of drug-likeness (QED) is 0.179. The van der Waals surface area contributed by atoms with Crippen LogP contribution >= 0.6 is 0 Å². The van der Waals surface area contributed by atoms with Gasteiger partial charge in [-0.25, -0.2) is 12.0 Å². The molecule has 0 aromatic heterocycles. The second-order valence-corrected chi connectivity index (χ2v) is 20.5. The fourth-order valence-corrected chi connectivity index (χ4v) is 10.9. The molecule has 4 aliphatic carbocycles. The van der Waals surface area contributed by atoms with Crippen molar-refractivity contribution in [2.75, 3.05) is 0 Å². The molecule has 0 N–H and O–H groups in total. The molecule has 0 heterocycles. The van der Waals surface area contributed by atoms with Gasteiger partial charge in [-0.05, 0) is 40.6 Å². The molecule has 56 heavy (non-hydrogen) atoms. The summed E-state index contributed by atoms with van der Waals surface area (Å²) in [6.45, 7) is 31.3. The van der Waals surface area contributed by atoms with Crippen LogP contribution in [0.2, 0.25) is 0 Å². The minimum absolute atomic E-state index is 0.